The van der Waals surface area contributed by atoms with Crippen LogP contribution in [0.25, 0.3) is 0 Å². The van der Waals surface area contributed by atoms with Gasteiger partial charge in [-0.05, 0) is 51.5 Å². The Morgan fingerprint density at radius 1 is 0.960 bits per heavy atom. The number of rotatable bonds is 6. The molecule has 1 aromatic rings. The van der Waals surface area contributed by atoms with Crippen LogP contribution >= 0.6 is 0 Å². The fourth-order valence-electron chi connectivity index (χ4n) is 2.08. The minimum Gasteiger partial charge on any atom is -0.444 e. The van der Waals surface area contributed by atoms with Crippen molar-refractivity contribution >= 4 is 17.9 Å². The van der Waals surface area contributed by atoms with Crippen molar-refractivity contribution in [3.63, 3.8) is 0 Å². The van der Waals surface area contributed by atoms with Gasteiger partial charge in [0.2, 0.25) is 5.91 Å². The van der Waals surface area contributed by atoms with Crippen molar-refractivity contribution < 1.29 is 19.1 Å². The van der Waals surface area contributed by atoms with Crippen LogP contribution in [-0.4, -0.2) is 60.5 Å². The molecule has 1 aromatic carbocycles. The van der Waals surface area contributed by atoms with Gasteiger partial charge in [-0.1, -0.05) is 0 Å². The molecule has 0 spiro atoms. The quantitative estimate of drug-likeness (QED) is 0.851. The molecule has 0 aliphatic heterocycles. The van der Waals surface area contributed by atoms with Gasteiger partial charge in [0.25, 0.3) is 5.91 Å². The van der Waals surface area contributed by atoms with Gasteiger partial charge >= 0.3 is 6.09 Å². The average Bonchev–Trinajstić information content (AvgIpc) is 2.52. The van der Waals surface area contributed by atoms with Crippen LogP contribution in [0.15, 0.2) is 24.3 Å². The molecule has 7 heteroatoms. The van der Waals surface area contributed by atoms with Gasteiger partial charge in [0.05, 0.1) is 0 Å². The normalized spacial score (nSPS) is 10.9. The highest BCUT2D eigenvalue weighted by molar-refractivity contribution is 5.97. The summed E-state index contributed by atoms with van der Waals surface area (Å²) >= 11 is 0. The number of nitrogens with zero attached hydrogens (tertiary/aromatic N) is 2. The summed E-state index contributed by atoms with van der Waals surface area (Å²) in [7, 11) is 3.36. The van der Waals surface area contributed by atoms with E-state index < -0.39 is 11.5 Å². The van der Waals surface area contributed by atoms with Crippen molar-refractivity contribution in [2.45, 2.75) is 32.8 Å². The van der Waals surface area contributed by atoms with Gasteiger partial charge in [0.15, 0.2) is 0 Å². The first kappa shape index (κ1) is 20.5. The molecule has 0 heterocycles. The summed E-state index contributed by atoms with van der Waals surface area (Å²) in [6.07, 6.45) is 0.237. The number of amides is 3. The number of carbonyl (C=O) groups is 3. The van der Waals surface area contributed by atoms with Crippen LogP contribution in [0.1, 0.15) is 47.9 Å². The molecular weight excluding hydrogens is 322 g/mol. The number of primary amides is 1. The summed E-state index contributed by atoms with van der Waals surface area (Å²) in [6, 6.07) is 6.21. The number of nitrogens with two attached hydrogens (primary N) is 1. The lowest BCUT2D eigenvalue weighted by Crippen LogP contribution is -2.36. The Hall–Kier alpha value is -2.57. The smallest absolute Gasteiger partial charge is 0.410 e. The minimum absolute atomic E-state index is 0.157. The maximum absolute atomic E-state index is 12.3. The van der Waals surface area contributed by atoms with Crippen LogP contribution in [0.5, 0.6) is 0 Å². The second kappa shape index (κ2) is 8.50. The van der Waals surface area contributed by atoms with Crippen LogP contribution in [0.4, 0.5) is 4.79 Å². The second-order valence-electron chi connectivity index (χ2n) is 6.92. The minimum atomic E-state index is -0.533. The summed E-state index contributed by atoms with van der Waals surface area (Å²) in [5, 5.41) is 0. The van der Waals surface area contributed by atoms with Crippen LogP contribution < -0.4 is 5.73 Å². The SMILES string of the molecule is CN(CCCN(C)C(=O)c1ccc(C(N)=O)cc1)C(=O)OC(C)(C)C. The molecular formula is C18H27N3O4. The van der Waals surface area contributed by atoms with Gasteiger partial charge in [-0.25, -0.2) is 4.79 Å². The molecule has 0 radical (unpaired) electrons. The van der Waals surface area contributed by atoms with E-state index in [4.69, 9.17) is 10.5 Å². The molecule has 0 bridgehead atoms. The standard InChI is InChI=1S/C18H27N3O4/c1-18(2,3)25-17(24)21(5)12-6-11-20(4)16(23)14-9-7-13(8-10-14)15(19)22/h7-10H,6,11-12H2,1-5H3,(H2,19,22). The lowest BCUT2D eigenvalue weighted by atomic mass is 10.1. The van der Waals surface area contributed by atoms with Gasteiger partial charge in [-0.15, -0.1) is 0 Å². The molecule has 138 valence electrons. The van der Waals surface area contributed by atoms with Crippen molar-refractivity contribution in [1.82, 2.24) is 9.80 Å². The molecule has 0 saturated carbocycles. The van der Waals surface area contributed by atoms with E-state index in [-0.39, 0.29) is 12.0 Å². The lowest BCUT2D eigenvalue weighted by Gasteiger charge is -2.25. The largest absolute Gasteiger partial charge is 0.444 e. The monoisotopic (exact) mass is 349 g/mol. The lowest BCUT2D eigenvalue weighted by molar-refractivity contribution is 0.0294. The molecule has 0 saturated heterocycles. The Labute approximate surface area is 148 Å². The molecule has 0 unspecified atom stereocenters. The molecule has 0 aliphatic rings. The van der Waals surface area contributed by atoms with Crippen molar-refractivity contribution in [2.24, 2.45) is 5.73 Å². The number of ether oxygens (including phenoxy) is 1. The molecule has 25 heavy (non-hydrogen) atoms. The highest BCUT2D eigenvalue weighted by Crippen LogP contribution is 2.10. The van der Waals surface area contributed by atoms with E-state index in [1.165, 1.54) is 17.0 Å². The summed E-state index contributed by atoms with van der Waals surface area (Å²) in [5.41, 5.74) is 5.49. The van der Waals surface area contributed by atoms with Crippen LogP contribution in [0.2, 0.25) is 0 Å². The van der Waals surface area contributed by atoms with Crippen molar-refractivity contribution in [2.75, 3.05) is 27.2 Å². The predicted octanol–water partition coefficient (Wildman–Crippen LogP) is 2.11. The number of benzene rings is 1. The first-order valence-corrected chi connectivity index (χ1v) is 8.10. The molecule has 3 amide bonds. The number of hydrogen-bond donors (Lipinski definition) is 1. The van der Waals surface area contributed by atoms with Gasteiger partial charge in [0.1, 0.15) is 5.60 Å². The Morgan fingerprint density at radius 2 is 1.44 bits per heavy atom. The van der Waals surface area contributed by atoms with E-state index >= 15 is 0 Å². The fourth-order valence-corrected chi connectivity index (χ4v) is 2.08. The van der Waals surface area contributed by atoms with Crippen molar-refractivity contribution in [3.8, 4) is 0 Å². The third-order valence-electron chi connectivity index (χ3n) is 3.46. The molecule has 0 aromatic heterocycles. The van der Waals surface area contributed by atoms with E-state index in [1.54, 1.807) is 31.1 Å². The van der Waals surface area contributed by atoms with Gasteiger partial charge in [-0.2, -0.15) is 0 Å². The second-order valence-corrected chi connectivity index (χ2v) is 6.92. The molecule has 2 N–H and O–H groups in total. The van der Waals surface area contributed by atoms with Crippen LogP contribution in [0, 0.1) is 0 Å². The summed E-state index contributed by atoms with van der Waals surface area (Å²) in [6.45, 7) is 6.41. The molecule has 0 aliphatic carbocycles. The summed E-state index contributed by atoms with van der Waals surface area (Å²) in [4.78, 5) is 38.3. The maximum atomic E-state index is 12.3. The van der Waals surface area contributed by atoms with Crippen LogP contribution in [-0.2, 0) is 4.74 Å². The van der Waals surface area contributed by atoms with E-state index in [0.29, 0.717) is 30.6 Å². The first-order valence-electron chi connectivity index (χ1n) is 8.10. The van der Waals surface area contributed by atoms with Crippen molar-refractivity contribution in [1.29, 1.82) is 0 Å². The molecule has 0 fully saturated rings. The Balaban J connectivity index is 2.48. The summed E-state index contributed by atoms with van der Waals surface area (Å²) in [5.74, 6) is -0.687. The van der Waals surface area contributed by atoms with E-state index in [2.05, 4.69) is 0 Å². The third kappa shape index (κ3) is 6.82. The zero-order chi connectivity index (χ0) is 19.2. The van der Waals surface area contributed by atoms with E-state index in [1.807, 2.05) is 20.8 Å². The Bertz CT molecular complexity index is 620. The Morgan fingerprint density at radius 3 is 1.92 bits per heavy atom. The van der Waals surface area contributed by atoms with Gasteiger partial charge < -0.3 is 20.3 Å². The third-order valence-corrected chi connectivity index (χ3v) is 3.46. The number of carbonyl (C=O) groups excluding carboxylic acids is 3. The Kier molecular flexibility index (Phi) is 6.97. The molecule has 1 rings (SSSR count). The maximum Gasteiger partial charge on any atom is 0.410 e. The summed E-state index contributed by atoms with van der Waals surface area (Å²) < 4.78 is 5.27. The highest BCUT2D eigenvalue weighted by Gasteiger charge is 2.19. The van der Waals surface area contributed by atoms with Gasteiger partial charge in [0, 0.05) is 38.3 Å². The zero-order valence-electron chi connectivity index (χ0n) is 15.5. The van der Waals surface area contributed by atoms with Crippen LogP contribution in [0.3, 0.4) is 0 Å². The predicted molar refractivity (Wildman–Crippen MR) is 95.4 cm³/mol. The number of hydrogen-bond acceptors (Lipinski definition) is 4. The first-order chi connectivity index (χ1) is 11.5. The van der Waals surface area contributed by atoms with E-state index in [9.17, 15) is 14.4 Å². The fraction of sp³-hybridized carbons (Fsp3) is 0.500. The molecule has 0 atom stereocenters. The van der Waals surface area contributed by atoms with Crippen molar-refractivity contribution in [3.05, 3.63) is 35.4 Å². The zero-order valence-corrected chi connectivity index (χ0v) is 15.5. The highest BCUT2D eigenvalue weighted by atomic mass is 16.6. The van der Waals surface area contributed by atoms with Gasteiger partial charge in [-0.3, -0.25) is 9.59 Å². The molecule has 7 nitrogen and oxygen atoms in total. The van der Waals surface area contributed by atoms with E-state index in [0.717, 1.165) is 0 Å². The topological polar surface area (TPSA) is 92.9 Å². The average molecular weight is 349 g/mol.